The van der Waals surface area contributed by atoms with Crippen molar-refractivity contribution in [3.63, 3.8) is 0 Å². The number of nitrogens with zero attached hydrogens (tertiary/aromatic N) is 1. The average molecular weight is 302 g/mol. The summed E-state index contributed by atoms with van der Waals surface area (Å²) in [5.41, 5.74) is 0. The lowest BCUT2D eigenvalue weighted by molar-refractivity contribution is -0.130. The van der Waals surface area contributed by atoms with Crippen LogP contribution in [0.2, 0.25) is 10.0 Å². The molecule has 0 unspecified atom stereocenters. The van der Waals surface area contributed by atoms with E-state index in [2.05, 4.69) is 0 Å². The fourth-order valence-electron chi connectivity index (χ4n) is 1.84. The number of rotatable bonds is 6. The zero-order valence-electron chi connectivity index (χ0n) is 10.9. The third kappa shape index (κ3) is 4.02. The first-order valence-electron chi connectivity index (χ1n) is 6.42. The lowest BCUT2D eigenvalue weighted by Gasteiger charge is -2.16. The first kappa shape index (κ1) is 14.5. The fraction of sp³-hybridized carbons (Fsp3) is 0.500. The Kier molecular flexibility index (Phi) is 4.94. The second kappa shape index (κ2) is 6.49. The van der Waals surface area contributed by atoms with Gasteiger partial charge in [-0.15, -0.1) is 0 Å². The van der Waals surface area contributed by atoms with E-state index in [1.165, 1.54) is 0 Å². The Bertz CT molecular complexity index is 461. The van der Waals surface area contributed by atoms with Crippen molar-refractivity contribution in [3.8, 4) is 5.75 Å². The predicted octanol–water partition coefficient (Wildman–Crippen LogP) is 3.77. The molecule has 19 heavy (non-hydrogen) atoms. The van der Waals surface area contributed by atoms with Crippen molar-refractivity contribution >= 4 is 29.1 Å². The molecule has 1 fully saturated rings. The fourth-order valence-corrected chi connectivity index (χ4v) is 2.19. The van der Waals surface area contributed by atoms with Crippen LogP contribution in [0.25, 0.3) is 0 Å². The molecule has 0 heterocycles. The lowest BCUT2D eigenvalue weighted by Crippen LogP contribution is -2.28. The van der Waals surface area contributed by atoms with Crippen LogP contribution in [0.4, 0.5) is 0 Å². The molecule has 1 aromatic rings. The number of halogens is 2. The molecule has 1 aliphatic rings. The van der Waals surface area contributed by atoms with Gasteiger partial charge in [0.2, 0.25) is 5.91 Å². The molecule has 3 nitrogen and oxygen atoms in total. The number of ether oxygens (including phenoxy) is 1. The number of carbonyl (C=O) groups excluding carboxylic acids is 1. The van der Waals surface area contributed by atoms with Crippen LogP contribution in [0.3, 0.4) is 0 Å². The first-order chi connectivity index (χ1) is 9.09. The molecule has 1 aliphatic carbocycles. The van der Waals surface area contributed by atoms with Gasteiger partial charge in [-0.2, -0.15) is 0 Å². The average Bonchev–Trinajstić information content (AvgIpc) is 3.22. The normalized spacial score (nSPS) is 14.3. The summed E-state index contributed by atoms with van der Waals surface area (Å²) in [4.78, 5) is 13.6. The smallest absolute Gasteiger partial charge is 0.222 e. The van der Waals surface area contributed by atoms with Gasteiger partial charge < -0.3 is 9.64 Å². The largest absolute Gasteiger partial charge is 0.492 e. The minimum absolute atomic E-state index is 0.184. The third-order valence-electron chi connectivity index (χ3n) is 3.20. The van der Waals surface area contributed by atoms with E-state index in [-0.39, 0.29) is 5.91 Å². The van der Waals surface area contributed by atoms with Crippen molar-refractivity contribution in [2.75, 3.05) is 13.7 Å². The molecule has 1 saturated carbocycles. The van der Waals surface area contributed by atoms with Crippen LogP contribution in [-0.2, 0) is 4.79 Å². The van der Waals surface area contributed by atoms with Gasteiger partial charge in [0, 0.05) is 19.5 Å². The van der Waals surface area contributed by atoms with E-state index in [4.69, 9.17) is 27.9 Å². The van der Waals surface area contributed by atoms with Crippen molar-refractivity contribution in [2.24, 2.45) is 0 Å². The van der Waals surface area contributed by atoms with Gasteiger partial charge in [-0.3, -0.25) is 4.79 Å². The van der Waals surface area contributed by atoms with E-state index in [0.29, 0.717) is 41.3 Å². The molecule has 5 heteroatoms. The molecule has 0 saturated heterocycles. The summed E-state index contributed by atoms with van der Waals surface area (Å²) >= 11 is 11.9. The molecule has 1 amide bonds. The molecule has 0 aromatic heterocycles. The summed E-state index contributed by atoms with van der Waals surface area (Å²) in [6.07, 6.45) is 3.46. The number of amides is 1. The molecular formula is C14H17Cl2NO2. The van der Waals surface area contributed by atoms with Gasteiger partial charge in [-0.25, -0.2) is 0 Å². The highest BCUT2D eigenvalue weighted by atomic mass is 35.5. The molecule has 2 rings (SSSR count). The van der Waals surface area contributed by atoms with E-state index in [1.807, 2.05) is 11.9 Å². The van der Waals surface area contributed by atoms with Gasteiger partial charge >= 0.3 is 0 Å². The SMILES string of the molecule is CN(C(=O)CCCOc1cccc(Cl)c1Cl)C1CC1. The molecule has 104 valence electrons. The Morgan fingerprint density at radius 1 is 1.42 bits per heavy atom. The van der Waals surface area contributed by atoms with Gasteiger partial charge in [0.1, 0.15) is 10.8 Å². The van der Waals surface area contributed by atoms with Crippen molar-refractivity contribution < 1.29 is 9.53 Å². The number of benzene rings is 1. The monoisotopic (exact) mass is 301 g/mol. The van der Waals surface area contributed by atoms with Crippen LogP contribution in [0.15, 0.2) is 18.2 Å². The van der Waals surface area contributed by atoms with Crippen LogP contribution in [-0.4, -0.2) is 30.5 Å². The molecule has 0 radical (unpaired) electrons. The van der Waals surface area contributed by atoms with Crippen LogP contribution in [0.5, 0.6) is 5.75 Å². The maximum atomic E-state index is 11.8. The Balaban J connectivity index is 1.71. The lowest BCUT2D eigenvalue weighted by atomic mass is 10.3. The van der Waals surface area contributed by atoms with Crippen LogP contribution in [0.1, 0.15) is 25.7 Å². The maximum absolute atomic E-state index is 11.8. The van der Waals surface area contributed by atoms with Crippen molar-refractivity contribution in [1.29, 1.82) is 0 Å². The molecule has 0 spiro atoms. The molecule has 0 bridgehead atoms. The number of hydrogen-bond donors (Lipinski definition) is 0. The highest BCUT2D eigenvalue weighted by Gasteiger charge is 2.28. The van der Waals surface area contributed by atoms with E-state index in [1.54, 1.807) is 18.2 Å². The molecule has 0 aliphatic heterocycles. The first-order valence-corrected chi connectivity index (χ1v) is 7.17. The summed E-state index contributed by atoms with van der Waals surface area (Å²) in [5, 5.41) is 0.898. The molecule has 0 atom stereocenters. The number of hydrogen-bond acceptors (Lipinski definition) is 2. The topological polar surface area (TPSA) is 29.5 Å². The summed E-state index contributed by atoms with van der Waals surface area (Å²) in [5.74, 6) is 0.750. The summed E-state index contributed by atoms with van der Waals surface area (Å²) in [6, 6.07) is 5.74. The maximum Gasteiger partial charge on any atom is 0.222 e. The Morgan fingerprint density at radius 2 is 2.16 bits per heavy atom. The van der Waals surface area contributed by atoms with Crippen molar-refractivity contribution in [3.05, 3.63) is 28.2 Å². The summed E-state index contributed by atoms with van der Waals surface area (Å²) in [7, 11) is 1.87. The Morgan fingerprint density at radius 3 is 2.84 bits per heavy atom. The molecule has 1 aromatic carbocycles. The van der Waals surface area contributed by atoms with Crippen molar-refractivity contribution in [2.45, 2.75) is 31.7 Å². The molecular weight excluding hydrogens is 285 g/mol. The van der Waals surface area contributed by atoms with Gasteiger partial charge in [0.25, 0.3) is 0 Å². The molecule has 0 N–H and O–H groups in total. The van der Waals surface area contributed by atoms with Gasteiger partial charge in [0.05, 0.1) is 11.6 Å². The Labute approximate surface area is 123 Å². The minimum Gasteiger partial charge on any atom is -0.492 e. The van der Waals surface area contributed by atoms with Crippen molar-refractivity contribution in [1.82, 2.24) is 4.90 Å². The zero-order valence-corrected chi connectivity index (χ0v) is 12.4. The van der Waals surface area contributed by atoms with Crippen LogP contribution >= 0.6 is 23.2 Å². The zero-order chi connectivity index (χ0) is 13.8. The van der Waals surface area contributed by atoms with Gasteiger partial charge in [-0.1, -0.05) is 29.3 Å². The highest BCUT2D eigenvalue weighted by molar-refractivity contribution is 6.42. The second-order valence-corrected chi connectivity index (χ2v) is 5.52. The summed E-state index contributed by atoms with van der Waals surface area (Å²) in [6.45, 7) is 0.463. The highest BCUT2D eigenvalue weighted by Crippen LogP contribution is 2.31. The third-order valence-corrected chi connectivity index (χ3v) is 4.00. The van der Waals surface area contributed by atoms with Gasteiger partial charge in [0.15, 0.2) is 0 Å². The van der Waals surface area contributed by atoms with Crippen LogP contribution in [0, 0.1) is 0 Å². The second-order valence-electron chi connectivity index (χ2n) is 4.74. The standard InChI is InChI=1S/C14H17Cl2NO2/c1-17(10-7-8-10)13(18)6-3-9-19-12-5-2-4-11(15)14(12)16/h2,4-5,10H,3,6-9H2,1H3. The van der Waals surface area contributed by atoms with Crippen LogP contribution < -0.4 is 4.74 Å². The predicted molar refractivity (Wildman–Crippen MR) is 77.0 cm³/mol. The number of carbonyl (C=O) groups is 1. The van der Waals surface area contributed by atoms with E-state index >= 15 is 0 Å². The van der Waals surface area contributed by atoms with E-state index < -0.39 is 0 Å². The quantitative estimate of drug-likeness (QED) is 0.749. The summed E-state index contributed by atoms with van der Waals surface area (Å²) < 4.78 is 5.54. The minimum atomic E-state index is 0.184. The Hall–Kier alpha value is -0.930. The van der Waals surface area contributed by atoms with E-state index in [0.717, 1.165) is 12.8 Å². The van der Waals surface area contributed by atoms with E-state index in [9.17, 15) is 4.79 Å². The van der Waals surface area contributed by atoms with Gasteiger partial charge in [-0.05, 0) is 31.4 Å².